The highest BCUT2D eigenvalue weighted by molar-refractivity contribution is 9.10. The van der Waals surface area contributed by atoms with Crippen LogP contribution in [0.3, 0.4) is 0 Å². The van der Waals surface area contributed by atoms with Gasteiger partial charge in [0.05, 0.1) is 25.8 Å². The minimum atomic E-state index is -0.126. The summed E-state index contributed by atoms with van der Waals surface area (Å²) in [6, 6.07) is 11.0. The van der Waals surface area contributed by atoms with Crippen molar-refractivity contribution in [1.82, 2.24) is 5.32 Å². The van der Waals surface area contributed by atoms with Gasteiger partial charge in [0.25, 0.3) is 5.91 Å². The Bertz CT molecular complexity index is 718. The number of carbonyl (C=O) groups excluding carboxylic acids is 1. The number of halogens is 1. The summed E-state index contributed by atoms with van der Waals surface area (Å²) in [5.74, 6) is 1.93. The van der Waals surface area contributed by atoms with Crippen molar-refractivity contribution in [2.45, 2.75) is 6.42 Å². The molecule has 2 rings (SSSR count). The topological polar surface area (TPSA) is 56.8 Å². The van der Waals surface area contributed by atoms with Gasteiger partial charge in [-0.05, 0) is 58.2 Å². The summed E-state index contributed by atoms with van der Waals surface area (Å²) < 4.78 is 16.4. The number of amides is 1. The van der Waals surface area contributed by atoms with Crippen LogP contribution in [0.5, 0.6) is 17.2 Å². The maximum Gasteiger partial charge on any atom is 0.251 e. The first-order valence-electron chi connectivity index (χ1n) is 7.41. The predicted octanol–water partition coefficient (Wildman–Crippen LogP) is 3.45. The van der Waals surface area contributed by atoms with Gasteiger partial charge in [0, 0.05) is 12.1 Å². The average molecular weight is 394 g/mol. The molecule has 2 aromatic carbocycles. The molecule has 0 fully saturated rings. The molecule has 5 nitrogen and oxygen atoms in total. The summed E-state index contributed by atoms with van der Waals surface area (Å²) in [7, 11) is 4.79. The number of hydrogen-bond acceptors (Lipinski definition) is 4. The Morgan fingerprint density at radius 3 is 2.25 bits per heavy atom. The van der Waals surface area contributed by atoms with Crippen LogP contribution >= 0.6 is 15.9 Å². The zero-order chi connectivity index (χ0) is 17.5. The number of ether oxygens (including phenoxy) is 3. The van der Waals surface area contributed by atoms with Crippen LogP contribution in [-0.4, -0.2) is 33.8 Å². The van der Waals surface area contributed by atoms with E-state index in [9.17, 15) is 4.79 Å². The average Bonchev–Trinajstić information content (AvgIpc) is 2.61. The van der Waals surface area contributed by atoms with Crippen LogP contribution in [0.1, 0.15) is 15.9 Å². The van der Waals surface area contributed by atoms with E-state index in [0.29, 0.717) is 35.8 Å². The normalized spacial score (nSPS) is 10.2. The highest BCUT2D eigenvalue weighted by Crippen LogP contribution is 2.28. The summed E-state index contributed by atoms with van der Waals surface area (Å²) in [6.45, 7) is 0.526. The van der Waals surface area contributed by atoms with E-state index >= 15 is 0 Å². The van der Waals surface area contributed by atoms with Gasteiger partial charge in [-0.25, -0.2) is 0 Å². The van der Waals surface area contributed by atoms with Crippen LogP contribution in [0.4, 0.5) is 0 Å². The second-order valence-corrected chi connectivity index (χ2v) is 5.90. The third-order valence-corrected chi connectivity index (χ3v) is 4.18. The Labute approximate surface area is 150 Å². The SMILES string of the molecule is COc1ccc(C(=O)NCCc2ccc(OC)c(OC)c2)cc1Br. The van der Waals surface area contributed by atoms with Crippen LogP contribution in [0.2, 0.25) is 0 Å². The molecule has 0 spiro atoms. The molecule has 0 aliphatic rings. The molecule has 0 atom stereocenters. The van der Waals surface area contributed by atoms with E-state index in [1.54, 1.807) is 39.5 Å². The molecule has 0 bridgehead atoms. The van der Waals surface area contributed by atoms with Gasteiger partial charge < -0.3 is 19.5 Å². The molecule has 24 heavy (non-hydrogen) atoms. The number of nitrogens with one attached hydrogen (secondary N) is 1. The molecule has 1 amide bonds. The molecule has 128 valence electrons. The van der Waals surface area contributed by atoms with Crippen molar-refractivity contribution in [2.24, 2.45) is 0 Å². The molecule has 0 aliphatic heterocycles. The lowest BCUT2D eigenvalue weighted by Gasteiger charge is -2.10. The molecule has 2 aromatic rings. The number of methoxy groups -OCH3 is 3. The van der Waals surface area contributed by atoms with Crippen LogP contribution < -0.4 is 19.5 Å². The van der Waals surface area contributed by atoms with Crippen molar-refractivity contribution in [3.8, 4) is 17.2 Å². The highest BCUT2D eigenvalue weighted by Gasteiger charge is 2.09. The van der Waals surface area contributed by atoms with Crippen molar-refractivity contribution >= 4 is 21.8 Å². The van der Waals surface area contributed by atoms with E-state index in [1.807, 2.05) is 18.2 Å². The van der Waals surface area contributed by atoms with Gasteiger partial charge in [-0.15, -0.1) is 0 Å². The summed E-state index contributed by atoms with van der Waals surface area (Å²) in [4.78, 5) is 12.2. The van der Waals surface area contributed by atoms with E-state index in [-0.39, 0.29) is 5.91 Å². The van der Waals surface area contributed by atoms with Gasteiger partial charge >= 0.3 is 0 Å². The summed E-state index contributed by atoms with van der Waals surface area (Å²) in [6.07, 6.45) is 0.698. The molecule has 0 saturated carbocycles. The van der Waals surface area contributed by atoms with E-state index in [1.165, 1.54) is 0 Å². The van der Waals surface area contributed by atoms with Crippen molar-refractivity contribution < 1.29 is 19.0 Å². The fourth-order valence-corrected chi connectivity index (χ4v) is 2.81. The van der Waals surface area contributed by atoms with Crippen molar-refractivity contribution in [3.63, 3.8) is 0 Å². The van der Waals surface area contributed by atoms with Gasteiger partial charge in [-0.1, -0.05) is 6.07 Å². The van der Waals surface area contributed by atoms with Gasteiger partial charge in [-0.2, -0.15) is 0 Å². The smallest absolute Gasteiger partial charge is 0.251 e. The summed E-state index contributed by atoms with van der Waals surface area (Å²) in [5.41, 5.74) is 1.64. The van der Waals surface area contributed by atoms with E-state index < -0.39 is 0 Å². The lowest BCUT2D eigenvalue weighted by molar-refractivity contribution is 0.0954. The molecule has 6 heteroatoms. The number of hydrogen-bond donors (Lipinski definition) is 1. The molecule has 0 aliphatic carbocycles. The highest BCUT2D eigenvalue weighted by atomic mass is 79.9. The molecule has 0 radical (unpaired) electrons. The fourth-order valence-electron chi connectivity index (χ4n) is 2.27. The maximum atomic E-state index is 12.2. The monoisotopic (exact) mass is 393 g/mol. The van der Waals surface area contributed by atoms with E-state index in [2.05, 4.69) is 21.2 Å². The van der Waals surface area contributed by atoms with Crippen molar-refractivity contribution in [2.75, 3.05) is 27.9 Å². The van der Waals surface area contributed by atoms with Crippen molar-refractivity contribution in [3.05, 3.63) is 52.0 Å². The van der Waals surface area contributed by atoms with E-state index in [4.69, 9.17) is 14.2 Å². The predicted molar refractivity (Wildman–Crippen MR) is 96.3 cm³/mol. The lowest BCUT2D eigenvalue weighted by Crippen LogP contribution is -2.25. The van der Waals surface area contributed by atoms with Gasteiger partial charge in [0.2, 0.25) is 0 Å². The van der Waals surface area contributed by atoms with Crippen LogP contribution in [0.25, 0.3) is 0 Å². The van der Waals surface area contributed by atoms with Crippen LogP contribution in [-0.2, 0) is 6.42 Å². The Balaban J connectivity index is 1.94. The standard InChI is InChI=1S/C18H20BrNO4/c1-22-15-7-5-13(11-14(15)19)18(21)20-9-8-12-4-6-16(23-2)17(10-12)24-3/h4-7,10-11H,8-9H2,1-3H3,(H,20,21). The Hall–Kier alpha value is -2.21. The molecular formula is C18H20BrNO4. The maximum absolute atomic E-state index is 12.2. The minimum Gasteiger partial charge on any atom is -0.496 e. The number of rotatable bonds is 7. The second-order valence-electron chi connectivity index (χ2n) is 5.04. The van der Waals surface area contributed by atoms with Crippen LogP contribution in [0, 0.1) is 0 Å². The van der Waals surface area contributed by atoms with Crippen LogP contribution in [0.15, 0.2) is 40.9 Å². The summed E-state index contributed by atoms with van der Waals surface area (Å²) in [5, 5.41) is 2.91. The molecule has 0 saturated heterocycles. The Kier molecular flexibility index (Phi) is 6.49. The number of benzene rings is 2. The largest absolute Gasteiger partial charge is 0.496 e. The second kappa shape index (κ2) is 8.59. The lowest BCUT2D eigenvalue weighted by atomic mass is 10.1. The first kappa shape index (κ1) is 18.1. The number of carbonyl (C=O) groups is 1. The van der Waals surface area contributed by atoms with E-state index in [0.717, 1.165) is 10.0 Å². The Morgan fingerprint density at radius 2 is 1.62 bits per heavy atom. The Morgan fingerprint density at radius 1 is 0.958 bits per heavy atom. The summed E-state index contributed by atoms with van der Waals surface area (Å²) >= 11 is 3.38. The van der Waals surface area contributed by atoms with Gasteiger partial charge in [-0.3, -0.25) is 4.79 Å². The minimum absolute atomic E-state index is 0.126. The van der Waals surface area contributed by atoms with Gasteiger partial charge in [0.1, 0.15) is 5.75 Å². The third-order valence-electron chi connectivity index (χ3n) is 3.56. The molecule has 0 unspecified atom stereocenters. The zero-order valence-electron chi connectivity index (χ0n) is 13.9. The third kappa shape index (κ3) is 4.41. The molecule has 1 N–H and O–H groups in total. The quantitative estimate of drug-likeness (QED) is 0.782. The molecule has 0 heterocycles. The van der Waals surface area contributed by atoms with Crippen molar-refractivity contribution in [1.29, 1.82) is 0 Å². The fraction of sp³-hybridized carbons (Fsp3) is 0.278. The molecule has 0 aromatic heterocycles. The zero-order valence-corrected chi connectivity index (χ0v) is 15.5. The molecular weight excluding hydrogens is 374 g/mol. The van der Waals surface area contributed by atoms with Gasteiger partial charge in [0.15, 0.2) is 11.5 Å². The first-order valence-corrected chi connectivity index (χ1v) is 8.21. The first-order chi connectivity index (χ1) is 11.6.